The second-order valence-electron chi connectivity index (χ2n) is 2.72. The first-order valence-electron chi connectivity index (χ1n) is 3.56. The van der Waals surface area contributed by atoms with E-state index in [1.807, 2.05) is 0 Å². The zero-order valence-electron chi connectivity index (χ0n) is 6.24. The van der Waals surface area contributed by atoms with Crippen LogP contribution in [0, 0.1) is 0 Å². The van der Waals surface area contributed by atoms with E-state index in [-0.39, 0.29) is 0 Å². The molecule has 0 bridgehead atoms. The lowest BCUT2D eigenvalue weighted by molar-refractivity contribution is -0.286. The van der Waals surface area contributed by atoms with E-state index in [4.69, 9.17) is 25.5 Å². The SMILES string of the molecule is OC1O[C@H](C[15OH])[C@@H](O)[C@H](O)[C@H]1O. The maximum Gasteiger partial charge on any atom is 0.184 e. The van der Waals surface area contributed by atoms with Crippen molar-refractivity contribution in [2.75, 3.05) is 6.61 Å². The molecular weight excluding hydrogens is 167 g/mol. The molecule has 5 N–H and O–H groups in total. The largest absolute Gasteiger partial charge is 0.394 e. The van der Waals surface area contributed by atoms with Crippen LogP contribution >= 0.6 is 0 Å². The summed E-state index contributed by atoms with van der Waals surface area (Å²) in [5.41, 5.74) is 0. The molecule has 6 nitrogen and oxygen atoms in total. The summed E-state index contributed by atoms with van der Waals surface area (Å²) in [6, 6.07) is 0. The van der Waals surface area contributed by atoms with Crippen LogP contribution in [0.25, 0.3) is 0 Å². The van der Waals surface area contributed by atoms with Crippen molar-refractivity contribution in [2.45, 2.75) is 30.7 Å². The molecule has 0 radical (unpaired) electrons. The highest BCUT2D eigenvalue weighted by Gasteiger charge is 2.42. The molecule has 1 unspecified atom stereocenters. The lowest BCUT2D eigenvalue weighted by Gasteiger charge is -2.37. The summed E-state index contributed by atoms with van der Waals surface area (Å²) in [5, 5.41) is 44.7. The molecule has 1 aliphatic rings. The first kappa shape index (κ1) is 9.85. The predicted molar refractivity (Wildman–Crippen MR) is 36.0 cm³/mol. The number of hydrogen-bond acceptors (Lipinski definition) is 6. The monoisotopic (exact) mass is 179 g/mol. The third kappa shape index (κ3) is 1.58. The molecule has 0 aromatic heterocycles. The molecule has 0 amide bonds. The van der Waals surface area contributed by atoms with Crippen molar-refractivity contribution in [1.82, 2.24) is 0 Å². The van der Waals surface area contributed by atoms with Crippen molar-refractivity contribution in [3.05, 3.63) is 0 Å². The molecule has 1 heterocycles. The maximum atomic E-state index is 9.12. The highest BCUT2D eigenvalue weighted by atomic mass is 16.6. The van der Waals surface area contributed by atoms with Gasteiger partial charge in [0, 0.05) is 0 Å². The smallest absolute Gasteiger partial charge is 0.184 e. The number of hydrogen-bond donors (Lipinski definition) is 5. The average Bonchev–Trinajstić information content (AvgIpc) is 2.08. The van der Waals surface area contributed by atoms with Crippen LogP contribution in [0.5, 0.6) is 0 Å². The Bertz CT molecular complexity index is 146. The number of rotatable bonds is 1. The van der Waals surface area contributed by atoms with E-state index in [1.165, 1.54) is 0 Å². The second kappa shape index (κ2) is 3.65. The summed E-state index contributed by atoms with van der Waals surface area (Å²) in [6.45, 7) is -0.526. The van der Waals surface area contributed by atoms with E-state index in [0.717, 1.165) is 0 Å². The van der Waals surface area contributed by atoms with Gasteiger partial charge in [-0.05, 0) is 0 Å². The van der Waals surface area contributed by atoms with Crippen LogP contribution in [0.3, 0.4) is 0 Å². The third-order valence-electron chi connectivity index (χ3n) is 1.87. The molecule has 0 aromatic rings. The van der Waals surface area contributed by atoms with Crippen molar-refractivity contribution in [2.24, 2.45) is 0 Å². The van der Waals surface area contributed by atoms with Crippen LogP contribution in [0.1, 0.15) is 0 Å². The normalized spacial score (nSPS) is 49.2. The van der Waals surface area contributed by atoms with E-state index in [1.54, 1.807) is 0 Å². The fourth-order valence-electron chi connectivity index (χ4n) is 1.08. The van der Waals surface area contributed by atoms with E-state index < -0.39 is 37.3 Å². The van der Waals surface area contributed by atoms with Crippen LogP contribution in [0.2, 0.25) is 0 Å². The minimum Gasteiger partial charge on any atom is -0.394 e. The van der Waals surface area contributed by atoms with Gasteiger partial charge < -0.3 is 30.3 Å². The van der Waals surface area contributed by atoms with Crippen LogP contribution < -0.4 is 0 Å². The minimum atomic E-state index is -1.57. The first-order valence-corrected chi connectivity index (χ1v) is 3.56. The van der Waals surface area contributed by atoms with Gasteiger partial charge in [-0.2, -0.15) is 0 Å². The highest BCUT2D eigenvalue weighted by Crippen LogP contribution is 2.18. The zero-order valence-corrected chi connectivity index (χ0v) is 6.24. The molecule has 6 heteroatoms. The summed E-state index contributed by atoms with van der Waals surface area (Å²) in [4.78, 5) is 0. The van der Waals surface area contributed by atoms with Gasteiger partial charge in [0.25, 0.3) is 0 Å². The van der Waals surface area contributed by atoms with Crippen molar-refractivity contribution >= 4 is 0 Å². The molecule has 72 valence electrons. The van der Waals surface area contributed by atoms with Gasteiger partial charge in [-0.1, -0.05) is 0 Å². The second-order valence-corrected chi connectivity index (χ2v) is 2.72. The lowest BCUT2D eigenvalue weighted by Crippen LogP contribution is -2.58. The third-order valence-corrected chi connectivity index (χ3v) is 1.87. The molecule has 0 spiro atoms. The van der Waals surface area contributed by atoms with Crippen LogP contribution in [0.15, 0.2) is 0 Å². The molecule has 1 fully saturated rings. The number of aliphatic hydroxyl groups is 5. The molecule has 1 aliphatic heterocycles. The van der Waals surface area contributed by atoms with Crippen LogP contribution in [-0.4, -0.2) is 62.8 Å². The Morgan fingerprint density at radius 1 is 0.917 bits per heavy atom. The quantitative estimate of drug-likeness (QED) is 0.289. The Hall–Kier alpha value is -0.240. The fourth-order valence-corrected chi connectivity index (χ4v) is 1.08. The fraction of sp³-hybridized carbons (Fsp3) is 1.00. The van der Waals surface area contributed by atoms with Gasteiger partial charge in [0.05, 0.1) is 6.61 Å². The van der Waals surface area contributed by atoms with Crippen molar-refractivity contribution in [3.63, 3.8) is 0 Å². The molecule has 0 aliphatic carbocycles. The average molecular weight is 179 g/mol. The van der Waals surface area contributed by atoms with Crippen molar-refractivity contribution < 1.29 is 30.3 Å². The zero-order chi connectivity index (χ0) is 9.30. The predicted octanol–water partition coefficient (Wildman–Crippen LogP) is -3.22. The van der Waals surface area contributed by atoms with E-state index >= 15 is 0 Å². The summed E-state index contributed by atoms with van der Waals surface area (Å²) in [5.74, 6) is 0. The standard InChI is InChI=1S/C6H12O6/c7-1-2-3(8)4(9)5(10)6(11)12-2/h2-11H,1H2/t2-,3-,4+,5-,6?/m1/s1/i7-1. The molecular formula is C6H12O6. The minimum absolute atomic E-state index is 0.526. The molecule has 1 saturated heterocycles. The Morgan fingerprint density at radius 2 is 1.50 bits per heavy atom. The topological polar surface area (TPSA) is 110 Å². The van der Waals surface area contributed by atoms with Gasteiger partial charge in [0.1, 0.15) is 24.4 Å². The van der Waals surface area contributed by atoms with Gasteiger partial charge in [0.2, 0.25) is 0 Å². The van der Waals surface area contributed by atoms with Crippen molar-refractivity contribution in [3.8, 4) is 0 Å². The molecule has 0 aromatic carbocycles. The van der Waals surface area contributed by atoms with E-state index in [0.29, 0.717) is 0 Å². The van der Waals surface area contributed by atoms with Gasteiger partial charge in [-0.3, -0.25) is 0 Å². The number of ether oxygens (including phenoxy) is 1. The molecule has 12 heavy (non-hydrogen) atoms. The van der Waals surface area contributed by atoms with Crippen LogP contribution in [0.4, 0.5) is 0 Å². The Labute approximate surface area is 68.6 Å². The Balaban J connectivity index is 2.63. The summed E-state index contributed by atoms with van der Waals surface area (Å²) in [7, 11) is 0. The van der Waals surface area contributed by atoms with E-state index in [9.17, 15) is 0 Å². The van der Waals surface area contributed by atoms with Crippen LogP contribution in [-0.2, 0) is 4.74 Å². The summed E-state index contributed by atoms with van der Waals surface area (Å²) >= 11 is 0. The Kier molecular flexibility index (Phi) is 2.99. The number of aliphatic hydroxyl groups excluding tert-OH is 5. The highest BCUT2D eigenvalue weighted by molar-refractivity contribution is 4.87. The summed E-state index contributed by atoms with van der Waals surface area (Å²) in [6.07, 6.45) is -7.04. The lowest BCUT2D eigenvalue weighted by atomic mass is 9.99. The van der Waals surface area contributed by atoms with Crippen molar-refractivity contribution in [1.29, 1.82) is 0 Å². The van der Waals surface area contributed by atoms with E-state index in [2.05, 4.69) is 4.74 Å². The maximum absolute atomic E-state index is 9.12. The van der Waals surface area contributed by atoms with Gasteiger partial charge in [-0.25, -0.2) is 0 Å². The Morgan fingerprint density at radius 3 is 2.00 bits per heavy atom. The molecule has 5 atom stereocenters. The van der Waals surface area contributed by atoms with Gasteiger partial charge >= 0.3 is 0 Å². The first-order chi connectivity index (χ1) is 5.57. The van der Waals surface area contributed by atoms with Gasteiger partial charge in [0.15, 0.2) is 6.29 Å². The summed E-state index contributed by atoms with van der Waals surface area (Å²) < 4.78 is 4.58. The molecule has 1 rings (SSSR count). The molecule has 0 saturated carbocycles. The van der Waals surface area contributed by atoms with Gasteiger partial charge in [-0.15, -0.1) is 0 Å².